The van der Waals surface area contributed by atoms with Crippen molar-refractivity contribution in [2.24, 2.45) is 0 Å². The van der Waals surface area contributed by atoms with Gasteiger partial charge >= 0.3 is 0 Å². The van der Waals surface area contributed by atoms with Gasteiger partial charge in [-0.2, -0.15) is 0 Å². The van der Waals surface area contributed by atoms with E-state index in [9.17, 15) is 0 Å². The first-order valence-corrected chi connectivity index (χ1v) is 9.78. The first-order valence-electron chi connectivity index (χ1n) is 9.78. The second-order valence-electron chi connectivity index (χ2n) is 6.87. The maximum absolute atomic E-state index is 9.02. The van der Waals surface area contributed by atoms with Crippen LogP contribution in [0.15, 0.2) is 97.1 Å². The lowest BCUT2D eigenvalue weighted by Gasteiger charge is -2.15. The normalized spacial score (nSPS) is 10.0. The highest BCUT2D eigenvalue weighted by Gasteiger charge is 2.14. The lowest BCUT2D eigenvalue weighted by Crippen LogP contribution is -1.97. The van der Waals surface area contributed by atoms with Gasteiger partial charge in [0.25, 0.3) is 12.5 Å². The van der Waals surface area contributed by atoms with E-state index in [4.69, 9.17) is 20.0 Å². The molecular weight excluding hydrogens is 384 g/mol. The molecule has 0 saturated heterocycles. The van der Waals surface area contributed by atoms with E-state index in [0.29, 0.717) is 17.9 Å². The fraction of sp³-hybridized carbons (Fsp3) is 0.0370. The molecule has 0 aromatic heterocycles. The van der Waals surface area contributed by atoms with Crippen LogP contribution >= 0.6 is 0 Å². The summed E-state index contributed by atoms with van der Waals surface area (Å²) in [4.78, 5) is 0. The van der Waals surface area contributed by atoms with Crippen LogP contribution in [0.3, 0.4) is 0 Å². The SMILES string of the molecule is N#COc1ccccc1-c1ccccc1Cc1ccccc1-c1ccccc1OC#N. The second-order valence-corrected chi connectivity index (χ2v) is 6.87. The van der Waals surface area contributed by atoms with Crippen LogP contribution in [0.1, 0.15) is 11.1 Å². The van der Waals surface area contributed by atoms with E-state index in [2.05, 4.69) is 12.1 Å². The van der Waals surface area contributed by atoms with E-state index < -0.39 is 0 Å². The Balaban J connectivity index is 1.79. The predicted octanol–water partition coefficient (Wildman–Crippen LogP) is 6.33. The fourth-order valence-electron chi connectivity index (χ4n) is 3.73. The molecule has 4 nitrogen and oxygen atoms in total. The van der Waals surface area contributed by atoms with Crippen molar-refractivity contribution in [2.75, 3.05) is 0 Å². The van der Waals surface area contributed by atoms with Crippen molar-refractivity contribution in [1.29, 1.82) is 10.5 Å². The van der Waals surface area contributed by atoms with Crippen LogP contribution in [0.2, 0.25) is 0 Å². The quantitative estimate of drug-likeness (QED) is 0.353. The highest BCUT2D eigenvalue weighted by molar-refractivity contribution is 5.77. The van der Waals surface area contributed by atoms with Gasteiger partial charge in [-0.05, 0) is 40.8 Å². The molecule has 0 spiro atoms. The highest BCUT2D eigenvalue weighted by Crippen LogP contribution is 2.36. The molecule has 0 heterocycles. The summed E-state index contributed by atoms with van der Waals surface area (Å²) in [5.41, 5.74) is 5.94. The summed E-state index contributed by atoms with van der Waals surface area (Å²) in [6.07, 6.45) is 4.20. The number of ether oxygens (including phenoxy) is 2. The molecular formula is C27H18N2O2. The number of para-hydroxylation sites is 2. The number of nitriles is 2. The third-order valence-electron chi connectivity index (χ3n) is 5.08. The molecule has 0 radical (unpaired) electrons. The fourth-order valence-corrected chi connectivity index (χ4v) is 3.73. The minimum Gasteiger partial charge on any atom is -0.387 e. The molecule has 0 amide bonds. The molecule has 0 fully saturated rings. The Morgan fingerprint density at radius 1 is 0.484 bits per heavy atom. The number of hydrogen-bond acceptors (Lipinski definition) is 4. The summed E-state index contributed by atoms with van der Waals surface area (Å²) in [6, 6.07) is 31.2. The Labute approximate surface area is 181 Å². The van der Waals surface area contributed by atoms with Gasteiger partial charge in [-0.25, -0.2) is 0 Å². The maximum atomic E-state index is 9.02. The third kappa shape index (κ3) is 4.24. The summed E-state index contributed by atoms with van der Waals surface area (Å²) in [7, 11) is 0. The minimum atomic E-state index is 0.526. The minimum absolute atomic E-state index is 0.526. The molecule has 4 heteroatoms. The van der Waals surface area contributed by atoms with Crippen molar-refractivity contribution in [3.8, 4) is 46.3 Å². The first-order chi connectivity index (χ1) is 15.3. The van der Waals surface area contributed by atoms with Crippen LogP contribution in [0, 0.1) is 23.0 Å². The van der Waals surface area contributed by atoms with Crippen molar-refractivity contribution in [3.05, 3.63) is 108 Å². The highest BCUT2D eigenvalue weighted by atomic mass is 16.5. The summed E-state index contributed by atoms with van der Waals surface area (Å²) in [6.45, 7) is 0. The van der Waals surface area contributed by atoms with Crippen molar-refractivity contribution in [2.45, 2.75) is 6.42 Å². The van der Waals surface area contributed by atoms with Gasteiger partial charge in [-0.1, -0.05) is 84.9 Å². The van der Waals surface area contributed by atoms with Crippen LogP contribution in [0.5, 0.6) is 11.5 Å². The number of hydrogen-bond donors (Lipinski definition) is 0. The Kier molecular flexibility index (Phi) is 5.93. The predicted molar refractivity (Wildman–Crippen MR) is 119 cm³/mol. The van der Waals surface area contributed by atoms with Gasteiger partial charge in [0.05, 0.1) is 0 Å². The molecule has 31 heavy (non-hydrogen) atoms. The zero-order valence-electron chi connectivity index (χ0n) is 16.7. The first kappa shape index (κ1) is 19.8. The van der Waals surface area contributed by atoms with E-state index in [0.717, 1.165) is 33.4 Å². The Bertz CT molecular complexity index is 1200. The topological polar surface area (TPSA) is 66.0 Å². The van der Waals surface area contributed by atoms with Crippen LogP contribution in [-0.4, -0.2) is 0 Å². The van der Waals surface area contributed by atoms with Crippen LogP contribution in [0.4, 0.5) is 0 Å². The monoisotopic (exact) mass is 402 g/mol. The number of rotatable bonds is 6. The average Bonchev–Trinajstić information content (AvgIpc) is 2.81. The summed E-state index contributed by atoms with van der Waals surface area (Å²) >= 11 is 0. The molecule has 0 atom stereocenters. The molecule has 4 aromatic rings. The van der Waals surface area contributed by atoms with Crippen LogP contribution in [-0.2, 0) is 6.42 Å². The Morgan fingerprint density at radius 2 is 0.839 bits per heavy atom. The largest absolute Gasteiger partial charge is 0.387 e. The summed E-state index contributed by atoms with van der Waals surface area (Å²) in [5, 5.41) is 18.0. The van der Waals surface area contributed by atoms with Crippen molar-refractivity contribution >= 4 is 0 Å². The van der Waals surface area contributed by atoms with E-state index in [1.54, 1.807) is 24.6 Å². The van der Waals surface area contributed by atoms with E-state index in [1.807, 2.05) is 72.8 Å². The molecule has 0 saturated carbocycles. The summed E-state index contributed by atoms with van der Waals surface area (Å²) in [5.74, 6) is 1.05. The number of nitrogens with zero attached hydrogens (tertiary/aromatic N) is 2. The van der Waals surface area contributed by atoms with E-state index in [-0.39, 0.29) is 0 Å². The Hall–Kier alpha value is -4.54. The molecule has 0 aliphatic carbocycles. The van der Waals surface area contributed by atoms with Crippen molar-refractivity contribution in [3.63, 3.8) is 0 Å². The zero-order chi connectivity index (χ0) is 21.5. The lowest BCUT2D eigenvalue weighted by molar-refractivity contribution is 0.509. The molecule has 4 aromatic carbocycles. The third-order valence-corrected chi connectivity index (χ3v) is 5.08. The molecule has 0 bridgehead atoms. The smallest absolute Gasteiger partial charge is 0.292 e. The van der Waals surface area contributed by atoms with Gasteiger partial charge in [0, 0.05) is 11.1 Å². The summed E-state index contributed by atoms with van der Waals surface area (Å²) < 4.78 is 10.4. The van der Waals surface area contributed by atoms with E-state index in [1.165, 1.54) is 0 Å². The zero-order valence-corrected chi connectivity index (χ0v) is 16.7. The molecule has 0 aliphatic rings. The Morgan fingerprint density at radius 3 is 1.26 bits per heavy atom. The average molecular weight is 402 g/mol. The van der Waals surface area contributed by atoms with Gasteiger partial charge in [-0.3, -0.25) is 0 Å². The maximum Gasteiger partial charge on any atom is 0.292 e. The molecule has 0 N–H and O–H groups in total. The molecule has 0 unspecified atom stereocenters. The van der Waals surface area contributed by atoms with Gasteiger partial charge in [0.1, 0.15) is 11.5 Å². The van der Waals surface area contributed by atoms with Crippen molar-refractivity contribution < 1.29 is 9.47 Å². The van der Waals surface area contributed by atoms with Gasteiger partial charge in [0.15, 0.2) is 0 Å². The van der Waals surface area contributed by atoms with E-state index >= 15 is 0 Å². The molecule has 0 aliphatic heterocycles. The standard InChI is InChI=1S/C27H18N2O2/c28-18-30-26-15-7-5-13-24(26)22-11-3-1-9-20(22)17-21-10-2-4-12-23(21)25-14-6-8-16-27(25)31-19-29/h1-16H,17H2. The van der Waals surface area contributed by atoms with Gasteiger partial charge < -0.3 is 9.47 Å². The van der Waals surface area contributed by atoms with Gasteiger partial charge in [-0.15, -0.1) is 10.5 Å². The van der Waals surface area contributed by atoms with Crippen LogP contribution in [0.25, 0.3) is 22.3 Å². The lowest BCUT2D eigenvalue weighted by atomic mass is 9.90. The molecule has 4 rings (SSSR count). The van der Waals surface area contributed by atoms with Crippen LogP contribution < -0.4 is 9.47 Å². The van der Waals surface area contributed by atoms with Gasteiger partial charge in [0.2, 0.25) is 0 Å². The number of benzene rings is 4. The second kappa shape index (κ2) is 9.31. The van der Waals surface area contributed by atoms with Crippen molar-refractivity contribution in [1.82, 2.24) is 0 Å². The molecule has 148 valence electrons.